The molecule has 16 heavy (non-hydrogen) atoms. The van der Waals surface area contributed by atoms with E-state index >= 15 is 0 Å². The molecule has 6 nitrogen and oxygen atoms in total. The van der Waals surface area contributed by atoms with Crippen LogP contribution in [0.5, 0.6) is 0 Å². The highest BCUT2D eigenvalue weighted by Gasteiger charge is 2.09. The van der Waals surface area contributed by atoms with Gasteiger partial charge in [0.25, 0.3) is 11.2 Å². The molecule has 2 rings (SSSR count). The minimum Gasteiger partial charge on any atom is -0.301 e. The summed E-state index contributed by atoms with van der Waals surface area (Å²) in [5.74, 6) is 0. The van der Waals surface area contributed by atoms with E-state index in [0.29, 0.717) is 10.7 Å². The third-order valence-electron chi connectivity index (χ3n) is 2.07. The van der Waals surface area contributed by atoms with Gasteiger partial charge in [0.05, 0.1) is 15.8 Å². The van der Waals surface area contributed by atoms with Crippen molar-refractivity contribution in [2.45, 2.75) is 5.16 Å². The number of nitrogens with one attached hydrogen (secondary N) is 1. The zero-order chi connectivity index (χ0) is 11.7. The summed E-state index contributed by atoms with van der Waals surface area (Å²) in [4.78, 5) is 28.3. The van der Waals surface area contributed by atoms with Crippen LogP contribution in [0.2, 0.25) is 0 Å². The molecule has 0 saturated heterocycles. The summed E-state index contributed by atoms with van der Waals surface area (Å²) in [6, 6.07) is 4.03. The first-order chi connectivity index (χ1) is 7.61. The van der Waals surface area contributed by atoms with Crippen LogP contribution in [0.15, 0.2) is 28.2 Å². The largest absolute Gasteiger partial charge is 0.301 e. The second-order valence-corrected chi connectivity index (χ2v) is 3.83. The first kappa shape index (κ1) is 10.6. The Kier molecular flexibility index (Phi) is 2.61. The Bertz CT molecular complexity index is 623. The molecule has 7 heteroatoms. The van der Waals surface area contributed by atoms with Crippen molar-refractivity contribution >= 4 is 28.4 Å². The maximum absolute atomic E-state index is 11.6. The molecule has 0 radical (unpaired) electrons. The van der Waals surface area contributed by atoms with E-state index in [1.165, 1.54) is 30.0 Å². The van der Waals surface area contributed by atoms with Crippen LogP contribution in [0.3, 0.4) is 0 Å². The number of nitro benzene ring substituents is 1. The minimum atomic E-state index is -0.540. The van der Waals surface area contributed by atoms with E-state index in [-0.39, 0.29) is 16.6 Å². The molecular formula is C9H7N3O3S. The van der Waals surface area contributed by atoms with E-state index in [4.69, 9.17) is 0 Å². The average molecular weight is 237 g/mol. The number of nitrogens with zero attached hydrogens (tertiary/aromatic N) is 2. The van der Waals surface area contributed by atoms with Crippen LogP contribution in [0.1, 0.15) is 0 Å². The smallest absolute Gasteiger partial charge is 0.270 e. The second kappa shape index (κ2) is 3.93. The first-order valence-electron chi connectivity index (χ1n) is 4.34. The summed E-state index contributed by atoms with van der Waals surface area (Å²) in [5.41, 5.74) is -0.0200. The number of hydrogen-bond acceptors (Lipinski definition) is 5. The highest BCUT2D eigenvalue weighted by atomic mass is 32.2. The van der Waals surface area contributed by atoms with Crippen molar-refractivity contribution in [3.05, 3.63) is 38.7 Å². The predicted molar refractivity (Wildman–Crippen MR) is 60.8 cm³/mol. The fourth-order valence-corrected chi connectivity index (χ4v) is 1.70. The topological polar surface area (TPSA) is 88.9 Å². The van der Waals surface area contributed by atoms with Crippen LogP contribution in [-0.2, 0) is 0 Å². The van der Waals surface area contributed by atoms with Gasteiger partial charge in [0.2, 0.25) is 0 Å². The molecule has 0 aliphatic carbocycles. The van der Waals surface area contributed by atoms with Crippen molar-refractivity contribution < 1.29 is 4.92 Å². The molecule has 1 heterocycles. The van der Waals surface area contributed by atoms with E-state index < -0.39 is 4.92 Å². The Morgan fingerprint density at radius 3 is 2.88 bits per heavy atom. The second-order valence-electron chi connectivity index (χ2n) is 3.03. The molecule has 0 aliphatic rings. The fourth-order valence-electron chi connectivity index (χ4n) is 1.32. The summed E-state index contributed by atoms with van der Waals surface area (Å²) in [5, 5.41) is 11.3. The zero-order valence-corrected chi connectivity index (χ0v) is 9.08. The SMILES string of the molecule is CSc1nc2ccc([N+](=O)[O-])cc2c(=O)[nH]1. The van der Waals surface area contributed by atoms with Gasteiger partial charge in [0, 0.05) is 12.1 Å². The number of fused-ring (bicyclic) bond motifs is 1. The number of thioether (sulfide) groups is 1. The molecule has 0 unspecified atom stereocenters. The maximum atomic E-state index is 11.6. The Morgan fingerprint density at radius 1 is 1.50 bits per heavy atom. The van der Waals surface area contributed by atoms with Crippen molar-refractivity contribution in [3.8, 4) is 0 Å². The zero-order valence-electron chi connectivity index (χ0n) is 8.26. The van der Waals surface area contributed by atoms with Gasteiger partial charge in [-0.05, 0) is 12.3 Å². The predicted octanol–water partition coefficient (Wildman–Crippen LogP) is 1.55. The van der Waals surface area contributed by atoms with Gasteiger partial charge in [-0.3, -0.25) is 14.9 Å². The van der Waals surface area contributed by atoms with Crippen molar-refractivity contribution in [3.63, 3.8) is 0 Å². The van der Waals surface area contributed by atoms with E-state index in [1.807, 2.05) is 0 Å². The van der Waals surface area contributed by atoms with Gasteiger partial charge in [-0.25, -0.2) is 4.98 Å². The van der Waals surface area contributed by atoms with Gasteiger partial charge in [0.15, 0.2) is 5.16 Å². The van der Waals surface area contributed by atoms with E-state index in [0.717, 1.165) is 0 Å². The Balaban J connectivity index is 2.75. The number of nitro groups is 1. The summed E-state index contributed by atoms with van der Waals surface area (Å²) in [6.45, 7) is 0. The Hall–Kier alpha value is -1.89. The van der Waals surface area contributed by atoms with Crippen molar-refractivity contribution in [1.29, 1.82) is 0 Å². The van der Waals surface area contributed by atoms with Crippen LogP contribution in [0.4, 0.5) is 5.69 Å². The maximum Gasteiger partial charge on any atom is 0.270 e. The van der Waals surface area contributed by atoms with Crippen LogP contribution >= 0.6 is 11.8 Å². The normalized spacial score (nSPS) is 10.6. The average Bonchev–Trinajstić information content (AvgIpc) is 2.28. The molecular weight excluding hydrogens is 230 g/mol. The summed E-state index contributed by atoms with van der Waals surface area (Å²) < 4.78 is 0. The summed E-state index contributed by atoms with van der Waals surface area (Å²) >= 11 is 1.31. The van der Waals surface area contributed by atoms with E-state index in [1.54, 1.807) is 6.26 Å². The third kappa shape index (κ3) is 1.76. The number of aromatic nitrogens is 2. The summed E-state index contributed by atoms with van der Waals surface area (Å²) in [6.07, 6.45) is 1.79. The quantitative estimate of drug-likeness (QED) is 0.370. The number of H-pyrrole nitrogens is 1. The molecule has 1 aromatic heterocycles. The molecule has 0 aliphatic heterocycles. The molecule has 0 amide bonds. The highest BCUT2D eigenvalue weighted by Crippen LogP contribution is 2.18. The number of rotatable bonds is 2. The lowest BCUT2D eigenvalue weighted by molar-refractivity contribution is -0.384. The van der Waals surface area contributed by atoms with Crippen LogP contribution in [0, 0.1) is 10.1 Å². The Morgan fingerprint density at radius 2 is 2.25 bits per heavy atom. The molecule has 0 bridgehead atoms. The lowest BCUT2D eigenvalue weighted by atomic mass is 10.2. The molecule has 0 saturated carbocycles. The molecule has 0 atom stereocenters. The first-order valence-corrected chi connectivity index (χ1v) is 5.57. The Labute approximate surface area is 93.9 Å². The molecule has 2 aromatic rings. The number of hydrogen-bond donors (Lipinski definition) is 1. The number of benzene rings is 1. The van der Waals surface area contributed by atoms with Gasteiger partial charge in [-0.2, -0.15) is 0 Å². The molecule has 0 spiro atoms. The van der Waals surface area contributed by atoms with Crippen molar-refractivity contribution in [1.82, 2.24) is 9.97 Å². The van der Waals surface area contributed by atoms with Crippen LogP contribution < -0.4 is 5.56 Å². The van der Waals surface area contributed by atoms with Gasteiger partial charge in [0.1, 0.15) is 0 Å². The van der Waals surface area contributed by atoms with Crippen LogP contribution in [-0.4, -0.2) is 21.1 Å². The molecule has 0 fully saturated rings. The van der Waals surface area contributed by atoms with Crippen LogP contribution in [0.25, 0.3) is 10.9 Å². The van der Waals surface area contributed by atoms with Gasteiger partial charge in [-0.15, -0.1) is 0 Å². The minimum absolute atomic E-state index is 0.114. The van der Waals surface area contributed by atoms with Gasteiger partial charge < -0.3 is 4.98 Å². The molecule has 1 N–H and O–H groups in total. The molecule has 82 valence electrons. The third-order valence-corrected chi connectivity index (χ3v) is 2.65. The monoisotopic (exact) mass is 237 g/mol. The lowest BCUT2D eigenvalue weighted by Gasteiger charge is -1.99. The number of non-ortho nitro benzene ring substituents is 1. The van der Waals surface area contributed by atoms with E-state index in [9.17, 15) is 14.9 Å². The highest BCUT2D eigenvalue weighted by molar-refractivity contribution is 7.98. The van der Waals surface area contributed by atoms with Crippen molar-refractivity contribution in [2.75, 3.05) is 6.26 Å². The molecule has 1 aromatic carbocycles. The fraction of sp³-hybridized carbons (Fsp3) is 0.111. The van der Waals surface area contributed by atoms with Crippen molar-refractivity contribution in [2.24, 2.45) is 0 Å². The number of aromatic amines is 1. The van der Waals surface area contributed by atoms with E-state index in [2.05, 4.69) is 9.97 Å². The van der Waals surface area contributed by atoms with Gasteiger partial charge >= 0.3 is 0 Å². The summed E-state index contributed by atoms with van der Waals surface area (Å²) in [7, 11) is 0. The standard InChI is InChI=1S/C9H7N3O3S/c1-16-9-10-7-3-2-5(12(14)15)4-6(7)8(13)11-9/h2-4H,1H3,(H,10,11,13). The van der Waals surface area contributed by atoms with Gasteiger partial charge in [-0.1, -0.05) is 11.8 Å². The lowest BCUT2D eigenvalue weighted by Crippen LogP contribution is -2.09.